The number of ether oxygens (including phenoxy) is 1. The monoisotopic (exact) mass is 240 g/mol. The molecule has 0 radical (unpaired) electrons. The minimum atomic E-state index is 0.0723. The first-order chi connectivity index (χ1) is 8.24. The Morgan fingerprint density at radius 2 is 2.24 bits per heavy atom. The highest BCUT2D eigenvalue weighted by Gasteiger charge is 2.34. The van der Waals surface area contributed by atoms with Crippen molar-refractivity contribution in [3.8, 4) is 0 Å². The van der Waals surface area contributed by atoms with E-state index in [1.807, 2.05) is 4.90 Å². The van der Waals surface area contributed by atoms with E-state index >= 15 is 0 Å². The molecule has 0 unspecified atom stereocenters. The van der Waals surface area contributed by atoms with Crippen molar-refractivity contribution in [1.82, 2.24) is 4.90 Å². The number of likely N-dealkylation sites (tertiary alicyclic amines) is 1. The van der Waals surface area contributed by atoms with E-state index in [2.05, 4.69) is 6.92 Å². The molecule has 2 rings (SSSR count). The molecule has 0 aromatic rings. The van der Waals surface area contributed by atoms with Gasteiger partial charge in [0, 0.05) is 25.7 Å². The fourth-order valence-corrected chi connectivity index (χ4v) is 3.05. The molecule has 0 saturated carbocycles. The first-order valence-electron chi connectivity index (χ1n) is 6.82. The predicted molar refractivity (Wildman–Crippen MR) is 66.5 cm³/mol. The second-order valence-corrected chi connectivity index (χ2v) is 5.37. The van der Waals surface area contributed by atoms with E-state index < -0.39 is 0 Å². The minimum Gasteiger partial charge on any atom is -0.381 e. The Morgan fingerprint density at radius 1 is 1.41 bits per heavy atom. The summed E-state index contributed by atoms with van der Waals surface area (Å²) in [5.41, 5.74) is 5.83. The lowest BCUT2D eigenvalue weighted by molar-refractivity contribution is -0.144. The fourth-order valence-electron chi connectivity index (χ4n) is 3.05. The van der Waals surface area contributed by atoms with Gasteiger partial charge in [-0.05, 0) is 31.6 Å². The highest BCUT2D eigenvalue weighted by Crippen LogP contribution is 2.26. The molecule has 17 heavy (non-hydrogen) atoms. The molecule has 2 heterocycles. The lowest BCUT2D eigenvalue weighted by Gasteiger charge is -2.41. The van der Waals surface area contributed by atoms with Gasteiger partial charge in [-0.1, -0.05) is 6.92 Å². The predicted octanol–water partition coefficient (Wildman–Crippen LogP) is 0.999. The maximum absolute atomic E-state index is 12.5. The molecule has 2 aliphatic heterocycles. The van der Waals surface area contributed by atoms with E-state index in [0.29, 0.717) is 19.1 Å². The van der Waals surface area contributed by atoms with Gasteiger partial charge in [-0.25, -0.2) is 0 Å². The zero-order valence-corrected chi connectivity index (χ0v) is 10.7. The summed E-state index contributed by atoms with van der Waals surface area (Å²) in [6.07, 6.45) is 4.28. The second-order valence-electron chi connectivity index (χ2n) is 5.37. The fraction of sp³-hybridized carbons (Fsp3) is 0.923. The van der Waals surface area contributed by atoms with Crippen molar-refractivity contribution in [3.63, 3.8) is 0 Å². The second kappa shape index (κ2) is 5.83. The van der Waals surface area contributed by atoms with Crippen molar-refractivity contribution < 1.29 is 9.53 Å². The van der Waals surface area contributed by atoms with Gasteiger partial charge in [0.25, 0.3) is 0 Å². The van der Waals surface area contributed by atoms with Crippen LogP contribution in [0.15, 0.2) is 0 Å². The van der Waals surface area contributed by atoms with E-state index in [-0.39, 0.29) is 17.9 Å². The van der Waals surface area contributed by atoms with Crippen molar-refractivity contribution >= 4 is 5.91 Å². The Morgan fingerprint density at radius 3 is 2.88 bits per heavy atom. The highest BCUT2D eigenvalue weighted by atomic mass is 16.5. The number of hydrogen-bond donors (Lipinski definition) is 1. The highest BCUT2D eigenvalue weighted by molar-refractivity contribution is 5.79. The maximum atomic E-state index is 12.5. The maximum Gasteiger partial charge on any atom is 0.228 e. The normalized spacial score (nSPS) is 34.7. The van der Waals surface area contributed by atoms with Crippen LogP contribution in [-0.2, 0) is 9.53 Å². The molecule has 0 aliphatic carbocycles. The summed E-state index contributed by atoms with van der Waals surface area (Å²) in [6, 6.07) is 0.234. The molecule has 1 amide bonds. The molecule has 3 atom stereocenters. The van der Waals surface area contributed by atoms with Crippen LogP contribution in [0.3, 0.4) is 0 Å². The topological polar surface area (TPSA) is 55.6 Å². The molecule has 4 nitrogen and oxygen atoms in total. The smallest absolute Gasteiger partial charge is 0.228 e. The Kier molecular flexibility index (Phi) is 4.40. The Balaban J connectivity index is 2.00. The van der Waals surface area contributed by atoms with Crippen molar-refractivity contribution in [2.45, 2.75) is 38.6 Å². The van der Waals surface area contributed by atoms with E-state index in [0.717, 1.165) is 32.4 Å². The summed E-state index contributed by atoms with van der Waals surface area (Å²) in [7, 11) is 0. The van der Waals surface area contributed by atoms with Gasteiger partial charge in [0.05, 0.1) is 12.5 Å². The van der Waals surface area contributed by atoms with Gasteiger partial charge in [-0.2, -0.15) is 0 Å². The SMILES string of the molecule is C[C@@H]1CCCN(C(=O)[C@@H]2CCCOC2)[C@H]1CN. The van der Waals surface area contributed by atoms with Crippen LogP contribution in [0.4, 0.5) is 0 Å². The first-order valence-corrected chi connectivity index (χ1v) is 6.82. The van der Waals surface area contributed by atoms with Gasteiger partial charge < -0.3 is 15.4 Å². The third-order valence-corrected chi connectivity index (χ3v) is 4.15. The average Bonchev–Trinajstić information content (AvgIpc) is 2.38. The molecule has 2 saturated heterocycles. The molecular formula is C13H24N2O2. The average molecular weight is 240 g/mol. The van der Waals surface area contributed by atoms with Gasteiger partial charge in [0.1, 0.15) is 0 Å². The Bertz CT molecular complexity index is 264. The molecule has 0 aromatic carbocycles. The number of nitrogens with two attached hydrogens (primary N) is 1. The molecule has 0 spiro atoms. The van der Waals surface area contributed by atoms with Gasteiger partial charge in [-0.15, -0.1) is 0 Å². The van der Waals surface area contributed by atoms with Crippen molar-refractivity contribution in [2.75, 3.05) is 26.3 Å². The zero-order chi connectivity index (χ0) is 12.3. The summed E-state index contributed by atoms with van der Waals surface area (Å²) < 4.78 is 5.41. The van der Waals surface area contributed by atoms with Crippen LogP contribution in [0.5, 0.6) is 0 Å². The largest absolute Gasteiger partial charge is 0.381 e. The number of piperidine rings is 1. The van der Waals surface area contributed by atoms with Gasteiger partial charge in [0.15, 0.2) is 0 Å². The van der Waals surface area contributed by atoms with Gasteiger partial charge in [-0.3, -0.25) is 4.79 Å². The Labute approximate surface area is 103 Å². The van der Waals surface area contributed by atoms with Crippen LogP contribution in [-0.4, -0.2) is 43.2 Å². The Hall–Kier alpha value is -0.610. The van der Waals surface area contributed by atoms with Crippen LogP contribution < -0.4 is 5.73 Å². The molecule has 2 fully saturated rings. The lowest BCUT2D eigenvalue weighted by Crippen LogP contribution is -2.53. The third-order valence-electron chi connectivity index (χ3n) is 4.15. The van der Waals surface area contributed by atoms with E-state index in [1.54, 1.807) is 0 Å². The molecule has 0 aromatic heterocycles. The standard InChI is InChI=1S/C13H24N2O2/c1-10-4-2-6-15(12(10)8-14)13(16)11-5-3-7-17-9-11/h10-12H,2-9,14H2,1H3/t10-,11-,12+/m1/s1. The zero-order valence-electron chi connectivity index (χ0n) is 10.7. The van der Waals surface area contributed by atoms with E-state index in [9.17, 15) is 4.79 Å². The minimum absolute atomic E-state index is 0.0723. The number of amides is 1. The van der Waals surface area contributed by atoms with Gasteiger partial charge >= 0.3 is 0 Å². The van der Waals surface area contributed by atoms with Crippen molar-refractivity contribution in [3.05, 3.63) is 0 Å². The molecular weight excluding hydrogens is 216 g/mol. The van der Waals surface area contributed by atoms with Crippen LogP contribution in [0.2, 0.25) is 0 Å². The molecule has 4 heteroatoms. The molecule has 98 valence electrons. The summed E-state index contributed by atoms with van der Waals surface area (Å²) >= 11 is 0. The summed E-state index contributed by atoms with van der Waals surface area (Å²) in [4.78, 5) is 14.5. The van der Waals surface area contributed by atoms with Crippen molar-refractivity contribution in [1.29, 1.82) is 0 Å². The van der Waals surface area contributed by atoms with E-state index in [1.165, 1.54) is 6.42 Å². The number of carbonyl (C=O) groups is 1. The summed E-state index contributed by atoms with van der Waals surface area (Å²) in [6.45, 7) is 5.07. The van der Waals surface area contributed by atoms with Crippen LogP contribution in [0.25, 0.3) is 0 Å². The molecule has 2 N–H and O–H groups in total. The van der Waals surface area contributed by atoms with E-state index in [4.69, 9.17) is 10.5 Å². The van der Waals surface area contributed by atoms with Crippen LogP contribution in [0.1, 0.15) is 32.6 Å². The quantitative estimate of drug-likeness (QED) is 0.783. The van der Waals surface area contributed by atoms with Crippen LogP contribution >= 0.6 is 0 Å². The van der Waals surface area contributed by atoms with Crippen LogP contribution in [0, 0.1) is 11.8 Å². The molecule has 0 bridgehead atoms. The number of hydrogen-bond acceptors (Lipinski definition) is 3. The summed E-state index contributed by atoms with van der Waals surface area (Å²) in [5, 5.41) is 0. The van der Waals surface area contributed by atoms with Gasteiger partial charge in [0.2, 0.25) is 5.91 Å². The third kappa shape index (κ3) is 2.80. The number of carbonyl (C=O) groups excluding carboxylic acids is 1. The summed E-state index contributed by atoms with van der Waals surface area (Å²) in [5.74, 6) is 0.872. The first kappa shape index (κ1) is 12.8. The lowest BCUT2D eigenvalue weighted by atomic mass is 9.89. The number of rotatable bonds is 2. The molecule has 2 aliphatic rings. The van der Waals surface area contributed by atoms with Crippen molar-refractivity contribution in [2.24, 2.45) is 17.6 Å². The number of nitrogens with zero attached hydrogens (tertiary/aromatic N) is 1.